The van der Waals surface area contributed by atoms with E-state index in [1.54, 1.807) is 0 Å². The van der Waals surface area contributed by atoms with Gasteiger partial charge < -0.3 is 4.74 Å². The second-order valence-electron chi connectivity index (χ2n) is 2.02. The summed E-state index contributed by atoms with van der Waals surface area (Å²) >= 11 is 5.50. The van der Waals surface area contributed by atoms with Gasteiger partial charge in [-0.2, -0.15) is 0 Å². The van der Waals surface area contributed by atoms with Crippen molar-refractivity contribution in [2.45, 2.75) is 6.43 Å². The predicted octanol–water partition coefficient (Wildman–Crippen LogP) is 2.68. The third-order valence-electron chi connectivity index (χ3n) is 1.31. The van der Waals surface area contributed by atoms with Crippen LogP contribution >= 0.6 is 11.6 Å². The van der Waals surface area contributed by atoms with E-state index in [-0.39, 0.29) is 16.5 Å². The maximum atomic E-state index is 12.3. The van der Waals surface area contributed by atoms with Crippen LogP contribution in [0.25, 0.3) is 0 Å². The Balaban J connectivity index is 3.20. The van der Waals surface area contributed by atoms with Crippen molar-refractivity contribution in [2.24, 2.45) is 0 Å². The summed E-state index contributed by atoms with van der Waals surface area (Å²) in [6.45, 7) is 0. The van der Waals surface area contributed by atoms with Crippen molar-refractivity contribution in [1.82, 2.24) is 4.98 Å². The van der Waals surface area contributed by atoms with Crippen molar-refractivity contribution in [3.63, 3.8) is 0 Å². The number of hydrogen-bond acceptors (Lipinski definition) is 2. The predicted molar refractivity (Wildman–Crippen MR) is 40.8 cm³/mol. The number of hydrogen-bond donors (Lipinski definition) is 0. The molecule has 2 nitrogen and oxygen atoms in total. The van der Waals surface area contributed by atoms with Gasteiger partial charge in [0.15, 0.2) is 0 Å². The zero-order chi connectivity index (χ0) is 9.14. The minimum Gasteiger partial charge on any atom is -0.481 e. The van der Waals surface area contributed by atoms with E-state index in [9.17, 15) is 8.78 Å². The molecule has 0 saturated carbocycles. The van der Waals surface area contributed by atoms with Crippen LogP contribution < -0.4 is 4.74 Å². The average Bonchev–Trinajstić information content (AvgIpc) is 2.03. The van der Waals surface area contributed by atoms with Crippen LogP contribution in [0.3, 0.4) is 0 Å². The molecule has 0 fully saturated rings. The highest BCUT2D eigenvalue weighted by atomic mass is 35.5. The lowest BCUT2D eigenvalue weighted by atomic mass is 10.3. The van der Waals surface area contributed by atoms with Crippen LogP contribution in [-0.4, -0.2) is 12.1 Å². The van der Waals surface area contributed by atoms with Crippen LogP contribution in [0.2, 0.25) is 5.02 Å². The molecular weight excluding hydrogens is 188 g/mol. The number of halogens is 3. The number of alkyl halides is 2. The standard InChI is InChI=1S/C7H6ClF2NO/c1-12-7-5(6(9)10)4(8)2-3-11-7/h2-3,6H,1H3. The van der Waals surface area contributed by atoms with Crippen molar-refractivity contribution in [3.8, 4) is 5.88 Å². The van der Waals surface area contributed by atoms with E-state index in [0.29, 0.717) is 0 Å². The molecule has 1 heterocycles. The van der Waals surface area contributed by atoms with Crippen molar-refractivity contribution in [1.29, 1.82) is 0 Å². The first kappa shape index (κ1) is 9.19. The molecule has 0 saturated heterocycles. The van der Waals surface area contributed by atoms with E-state index < -0.39 is 6.43 Å². The lowest BCUT2D eigenvalue weighted by Gasteiger charge is -2.06. The Bertz CT molecular complexity index is 280. The van der Waals surface area contributed by atoms with Crippen molar-refractivity contribution in [3.05, 3.63) is 22.8 Å². The second kappa shape index (κ2) is 3.67. The molecule has 0 spiro atoms. The quantitative estimate of drug-likeness (QED) is 0.721. The Morgan fingerprint density at radius 3 is 2.67 bits per heavy atom. The molecule has 66 valence electrons. The van der Waals surface area contributed by atoms with Crippen LogP contribution in [0.4, 0.5) is 8.78 Å². The van der Waals surface area contributed by atoms with Gasteiger partial charge in [-0.1, -0.05) is 11.6 Å². The van der Waals surface area contributed by atoms with Gasteiger partial charge in [-0.25, -0.2) is 13.8 Å². The van der Waals surface area contributed by atoms with Gasteiger partial charge in [0.05, 0.1) is 17.7 Å². The van der Waals surface area contributed by atoms with Gasteiger partial charge in [-0.05, 0) is 6.07 Å². The molecule has 12 heavy (non-hydrogen) atoms. The van der Waals surface area contributed by atoms with Gasteiger partial charge in [0, 0.05) is 6.20 Å². The minimum atomic E-state index is -2.67. The largest absolute Gasteiger partial charge is 0.481 e. The molecule has 0 aliphatic rings. The summed E-state index contributed by atoms with van der Waals surface area (Å²) in [5, 5.41) is -0.0307. The van der Waals surface area contributed by atoms with Crippen molar-refractivity contribution >= 4 is 11.6 Å². The molecule has 0 amide bonds. The molecule has 0 bridgehead atoms. The first-order chi connectivity index (χ1) is 5.66. The molecule has 0 unspecified atom stereocenters. The monoisotopic (exact) mass is 193 g/mol. The zero-order valence-electron chi connectivity index (χ0n) is 6.22. The third-order valence-corrected chi connectivity index (χ3v) is 1.64. The molecule has 0 aliphatic carbocycles. The number of pyridine rings is 1. The van der Waals surface area contributed by atoms with E-state index in [1.807, 2.05) is 0 Å². The first-order valence-electron chi connectivity index (χ1n) is 3.13. The molecule has 1 aromatic heterocycles. The van der Waals surface area contributed by atoms with E-state index in [2.05, 4.69) is 9.72 Å². The molecule has 0 aromatic carbocycles. The molecular formula is C7H6ClF2NO. The maximum Gasteiger partial charge on any atom is 0.270 e. The van der Waals surface area contributed by atoms with Crippen LogP contribution in [-0.2, 0) is 0 Å². The highest BCUT2D eigenvalue weighted by Gasteiger charge is 2.18. The lowest BCUT2D eigenvalue weighted by molar-refractivity contribution is 0.146. The van der Waals surface area contributed by atoms with E-state index in [1.165, 1.54) is 19.4 Å². The summed E-state index contributed by atoms with van der Waals surface area (Å²) in [4.78, 5) is 3.59. The van der Waals surface area contributed by atoms with Gasteiger partial charge in [-0.3, -0.25) is 0 Å². The van der Waals surface area contributed by atoms with E-state index >= 15 is 0 Å². The Labute approximate surface area is 73.1 Å². The highest BCUT2D eigenvalue weighted by molar-refractivity contribution is 6.31. The van der Waals surface area contributed by atoms with Gasteiger partial charge in [0.2, 0.25) is 5.88 Å². The molecule has 0 atom stereocenters. The Morgan fingerprint density at radius 1 is 1.58 bits per heavy atom. The van der Waals surface area contributed by atoms with Crippen LogP contribution in [0.15, 0.2) is 12.3 Å². The molecule has 1 aromatic rings. The third kappa shape index (κ3) is 1.64. The topological polar surface area (TPSA) is 22.1 Å². The average molecular weight is 194 g/mol. The Morgan fingerprint density at radius 2 is 2.25 bits per heavy atom. The summed E-state index contributed by atoms with van der Waals surface area (Å²) in [6, 6.07) is 1.30. The summed E-state index contributed by atoms with van der Waals surface area (Å²) in [6.07, 6.45) is -1.35. The Hall–Kier alpha value is -0.900. The summed E-state index contributed by atoms with van der Waals surface area (Å²) in [5.74, 6) is -0.127. The normalized spacial score (nSPS) is 10.4. The molecule has 0 radical (unpaired) electrons. The fraction of sp³-hybridized carbons (Fsp3) is 0.286. The van der Waals surface area contributed by atoms with E-state index in [4.69, 9.17) is 11.6 Å². The van der Waals surface area contributed by atoms with Crippen molar-refractivity contribution < 1.29 is 13.5 Å². The van der Waals surface area contributed by atoms with Crippen LogP contribution in [0.1, 0.15) is 12.0 Å². The molecule has 5 heteroatoms. The number of nitrogens with zero attached hydrogens (tertiary/aromatic N) is 1. The zero-order valence-corrected chi connectivity index (χ0v) is 6.98. The van der Waals surface area contributed by atoms with Gasteiger partial charge >= 0.3 is 0 Å². The molecule has 1 rings (SSSR count). The second-order valence-corrected chi connectivity index (χ2v) is 2.42. The Kier molecular flexibility index (Phi) is 2.81. The lowest BCUT2D eigenvalue weighted by Crippen LogP contribution is -1.95. The van der Waals surface area contributed by atoms with Crippen LogP contribution in [0, 0.1) is 0 Å². The van der Waals surface area contributed by atoms with E-state index in [0.717, 1.165) is 0 Å². The van der Waals surface area contributed by atoms with Crippen molar-refractivity contribution in [2.75, 3.05) is 7.11 Å². The number of rotatable bonds is 2. The summed E-state index contributed by atoms with van der Waals surface area (Å²) in [7, 11) is 1.27. The highest BCUT2D eigenvalue weighted by Crippen LogP contribution is 2.32. The summed E-state index contributed by atoms with van der Waals surface area (Å²) in [5.41, 5.74) is -0.360. The first-order valence-corrected chi connectivity index (χ1v) is 3.51. The number of aromatic nitrogens is 1. The summed E-state index contributed by atoms with van der Waals surface area (Å²) < 4.78 is 29.2. The van der Waals surface area contributed by atoms with Gasteiger partial charge in [0.1, 0.15) is 0 Å². The maximum absolute atomic E-state index is 12.3. The molecule has 0 aliphatic heterocycles. The smallest absolute Gasteiger partial charge is 0.270 e. The SMILES string of the molecule is COc1nccc(Cl)c1C(F)F. The van der Waals surface area contributed by atoms with Gasteiger partial charge in [-0.15, -0.1) is 0 Å². The minimum absolute atomic E-state index is 0.0307. The fourth-order valence-electron chi connectivity index (χ4n) is 0.792. The molecule has 0 N–H and O–H groups in total. The number of ether oxygens (including phenoxy) is 1. The number of methoxy groups -OCH3 is 1. The fourth-order valence-corrected chi connectivity index (χ4v) is 1.01. The van der Waals surface area contributed by atoms with Gasteiger partial charge in [0.25, 0.3) is 6.43 Å². The van der Waals surface area contributed by atoms with Crippen LogP contribution in [0.5, 0.6) is 5.88 Å².